The lowest BCUT2D eigenvalue weighted by Crippen LogP contribution is -2.46. The maximum absolute atomic E-state index is 6.57. The lowest BCUT2D eigenvalue weighted by atomic mass is 10.0. The van der Waals surface area contributed by atoms with Crippen molar-refractivity contribution in [3.05, 3.63) is 42.7 Å². The van der Waals surface area contributed by atoms with E-state index in [-0.39, 0.29) is 23.7 Å². The average Bonchev–Trinajstić information content (AvgIpc) is 3.46. The van der Waals surface area contributed by atoms with Crippen LogP contribution in [0.2, 0.25) is 0 Å². The average molecular weight is 605 g/mol. The molecule has 2 heterocycles. The Kier molecular flexibility index (Phi) is 15.8. The van der Waals surface area contributed by atoms with Gasteiger partial charge in [0.05, 0.1) is 12.4 Å². The Morgan fingerprint density at radius 1 is 0.786 bits per heavy atom. The smallest absolute Gasteiger partial charge is 0.165 e. The van der Waals surface area contributed by atoms with Crippen LogP contribution in [-0.2, 0) is 23.7 Å². The second-order valence-corrected chi connectivity index (χ2v) is 14.3. The Morgan fingerprint density at radius 3 is 1.86 bits per heavy atom. The van der Waals surface area contributed by atoms with Crippen molar-refractivity contribution >= 4 is 11.8 Å². The first-order valence-electron chi connectivity index (χ1n) is 16.9. The first kappa shape index (κ1) is 35.4. The van der Waals surface area contributed by atoms with E-state index in [1.807, 2.05) is 45.9 Å². The number of hydrogen-bond donors (Lipinski definition) is 0. The SMILES string of the molecule is C=C(CCCCCCCCCCCCCCCCC)O[C@@H]([C@@H]1OC(C)(C)OC1Sc1ccccc1)[C@H]1COC(C)(C)O1. The molecule has 2 aliphatic rings. The Morgan fingerprint density at radius 2 is 1.33 bits per heavy atom. The molecule has 0 aliphatic carbocycles. The minimum absolute atomic E-state index is 0.238. The van der Waals surface area contributed by atoms with E-state index in [9.17, 15) is 0 Å². The van der Waals surface area contributed by atoms with Crippen LogP contribution in [0.4, 0.5) is 0 Å². The molecule has 240 valence electrons. The zero-order valence-electron chi connectivity index (χ0n) is 27.4. The summed E-state index contributed by atoms with van der Waals surface area (Å²) in [6.45, 7) is 14.9. The Bertz CT molecular complexity index is 873. The van der Waals surface area contributed by atoms with Crippen LogP contribution in [0.3, 0.4) is 0 Å². The minimum atomic E-state index is -0.719. The number of rotatable bonds is 22. The summed E-state index contributed by atoms with van der Waals surface area (Å²) in [5.41, 5.74) is -0.238. The molecular formula is C36H60O5S. The van der Waals surface area contributed by atoms with E-state index in [0.29, 0.717) is 6.61 Å². The van der Waals surface area contributed by atoms with E-state index in [0.717, 1.165) is 23.5 Å². The van der Waals surface area contributed by atoms with Crippen LogP contribution in [0.15, 0.2) is 47.6 Å². The number of hydrogen-bond acceptors (Lipinski definition) is 6. The number of benzene rings is 1. The van der Waals surface area contributed by atoms with Crippen LogP contribution in [0.1, 0.15) is 137 Å². The summed E-state index contributed by atoms with van der Waals surface area (Å²) < 4.78 is 31.6. The molecule has 2 saturated heterocycles. The summed E-state index contributed by atoms with van der Waals surface area (Å²) in [6, 6.07) is 10.3. The molecule has 1 unspecified atom stereocenters. The normalized spacial score (nSPS) is 23.7. The fraction of sp³-hybridized carbons (Fsp3) is 0.778. The maximum Gasteiger partial charge on any atom is 0.165 e. The van der Waals surface area contributed by atoms with Crippen LogP contribution < -0.4 is 0 Å². The zero-order chi connectivity index (χ0) is 30.3. The van der Waals surface area contributed by atoms with Gasteiger partial charge in [0.2, 0.25) is 0 Å². The summed E-state index contributed by atoms with van der Waals surface area (Å²) in [6.07, 6.45) is 20.2. The van der Waals surface area contributed by atoms with Crippen LogP contribution in [0.25, 0.3) is 0 Å². The third-order valence-corrected chi connectivity index (χ3v) is 9.31. The Labute approximate surface area is 261 Å². The molecule has 0 radical (unpaired) electrons. The van der Waals surface area contributed by atoms with Gasteiger partial charge >= 0.3 is 0 Å². The summed E-state index contributed by atoms with van der Waals surface area (Å²) in [5, 5.41) is 0. The standard InChI is InChI=1S/C36H60O5S/c1-7-8-9-10-11-12-13-14-15-16-17-18-19-20-22-25-29(2)38-32(31-28-37-35(3,4)39-31)33-34(41-36(5,6)40-33)42-30-26-23-21-24-27-30/h21,23-24,26-27,31-34H,2,7-20,22,25,28H2,1,3-6H3/t31-,32-,33+,34?/m1/s1. The number of ether oxygens (including phenoxy) is 5. The van der Waals surface area contributed by atoms with E-state index in [1.165, 1.54) is 89.9 Å². The van der Waals surface area contributed by atoms with E-state index in [1.54, 1.807) is 11.8 Å². The highest BCUT2D eigenvalue weighted by Crippen LogP contribution is 2.42. The summed E-state index contributed by atoms with van der Waals surface area (Å²) in [4.78, 5) is 1.13. The Hall–Kier alpha value is -1.05. The molecular weight excluding hydrogens is 544 g/mol. The number of thioether (sulfide) groups is 1. The molecule has 2 aliphatic heterocycles. The largest absolute Gasteiger partial charge is 0.490 e. The van der Waals surface area contributed by atoms with Gasteiger partial charge in [-0.25, -0.2) is 0 Å². The van der Waals surface area contributed by atoms with Gasteiger partial charge in [-0.1, -0.05) is 133 Å². The van der Waals surface area contributed by atoms with E-state index in [4.69, 9.17) is 23.7 Å². The molecule has 6 heteroatoms. The molecule has 42 heavy (non-hydrogen) atoms. The molecule has 5 nitrogen and oxygen atoms in total. The number of allylic oxidation sites excluding steroid dienone is 1. The molecule has 4 atom stereocenters. The zero-order valence-corrected chi connectivity index (χ0v) is 28.2. The van der Waals surface area contributed by atoms with Gasteiger partial charge in [0.25, 0.3) is 0 Å². The van der Waals surface area contributed by atoms with Crippen LogP contribution in [-0.4, -0.2) is 41.9 Å². The van der Waals surface area contributed by atoms with Crippen molar-refractivity contribution in [1.82, 2.24) is 0 Å². The van der Waals surface area contributed by atoms with Crippen molar-refractivity contribution in [2.24, 2.45) is 0 Å². The van der Waals surface area contributed by atoms with Gasteiger partial charge in [-0.15, -0.1) is 0 Å². The van der Waals surface area contributed by atoms with Gasteiger partial charge in [-0.2, -0.15) is 0 Å². The molecule has 0 N–H and O–H groups in total. The molecule has 1 aromatic rings. The van der Waals surface area contributed by atoms with E-state index >= 15 is 0 Å². The predicted molar refractivity (Wildman–Crippen MR) is 175 cm³/mol. The quantitative estimate of drug-likeness (QED) is 0.0969. The van der Waals surface area contributed by atoms with E-state index < -0.39 is 11.6 Å². The summed E-state index contributed by atoms with van der Waals surface area (Å²) in [5.74, 6) is -0.581. The second kappa shape index (κ2) is 18.7. The highest BCUT2D eigenvalue weighted by molar-refractivity contribution is 7.99. The molecule has 0 spiro atoms. The molecule has 2 fully saturated rings. The van der Waals surface area contributed by atoms with Gasteiger partial charge in [0, 0.05) is 11.3 Å². The fourth-order valence-electron chi connectivity index (χ4n) is 5.88. The monoisotopic (exact) mass is 604 g/mol. The predicted octanol–water partition coefficient (Wildman–Crippen LogP) is 10.6. The second-order valence-electron chi connectivity index (χ2n) is 13.1. The molecule has 0 bridgehead atoms. The molecule has 0 aromatic heterocycles. The first-order valence-corrected chi connectivity index (χ1v) is 17.8. The van der Waals surface area contributed by atoms with Gasteiger partial charge in [-0.05, 0) is 46.2 Å². The van der Waals surface area contributed by atoms with Crippen molar-refractivity contribution in [3.8, 4) is 0 Å². The van der Waals surface area contributed by atoms with Gasteiger partial charge in [0.1, 0.15) is 17.6 Å². The minimum Gasteiger partial charge on any atom is -0.490 e. The van der Waals surface area contributed by atoms with Crippen LogP contribution in [0, 0.1) is 0 Å². The number of unbranched alkanes of at least 4 members (excludes halogenated alkanes) is 14. The maximum atomic E-state index is 6.57. The lowest BCUT2D eigenvalue weighted by Gasteiger charge is -2.32. The summed E-state index contributed by atoms with van der Waals surface area (Å²) in [7, 11) is 0. The highest BCUT2D eigenvalue weighted by Gasteiger charge is 2.52. The van der Waals surface area contributed by atoms with Crippen molar-refractivity contribution < 1.29 is 23.7 Å². The van der Waals surface area contributed by atoms with Crippen molar-refractivity contribution in [1.29, 1.82) is 0 Å². The molecule has 0 amide bonds. The third-order valence-electron chi connectivity index (χ3n) is 8.17. The summed E-state index contributed by atoms with van der Waals surface area (Å²) >= 11 is 1.66. The van der Waals surface area contributed by atoms with Crippen LogP contribution in [0.5, 0.6) is 0 Å². The molecule has 0 saturated carbocycles. The van der Waals surface area contributed by atoms with Crippen molar-refractivity contribution in [2.75, 3.05) is 6.61 Å². The molecule has 1 aromatic carbocycles. The lowest BCUT2D eigenvalue weighted by molar-refractivity contribution is -0.182. The van der Waals surface area contributed by atoms with Gasteiger partial charge in [-0.3, -0.25) is 0 Å². The Balaban J connectivity index is 1.38. The van der Waals surface area contributed by atoms with Crippen molar-refractivity contribution in [2.45, 2.75) is 178 Å². The topological polar surface area (TPSA) is 46.2 Å². The van der Waals surface area contributed by atoms with Crippen LogP contribution >= 0.6 is 11.8 Å². The van der Waals surface area contributed by atoms with Gasteiger partial charge < -0.3 is 23.7 Å². The molecule has 3 rings (SSSR count). The highest BCUT2D eigenvalue weighted by atomic mass is 32.2. The fourth-order valence-corrected chi connectivity index (χ4v) is 7.09. The first-order chi connectivity index (χ1) is 20.2. The van der Waals surface area contributed by atoms with Gasteiger partial charge in [0.15, 0.2) is 17.7 Å². The third kappa shape index (κ3) is 13.3. The van der Waals surface area contributed by atoms with E-state index in [2.05, 4.69) is 25.6 Å². The van der Waals surface area contributed by atoms with Crippen molar-refractivity contribution in [3.63, 3.8) is 0 Å².